The number of nitrogens with zero attached hydrogens (tertiary/aromatic N) is 3. The number of amides is 2. The van der Waals surface area contributed by atoms with Crippen LogP contribution in [0.15, 0.2) is 24.3 Å². The van der Waals surface area contributed by atoms with Gasteiger partial charge in [0.05, 0.1) is 11.4 Å². The highest BCUT2D eigenvalue weighted by atomic mass is 35.5. The van der Waals surface area contributed by atoms with Crippen molar-refractivity contribution in [2.75, 3.05) is 18.4 Å². The Bertz CT molecular complexity index is 828. The number of fused-ring (bicyclic) bond motifs is 1. The van der Waals surface area contributed by atoms with Gasteiger partial charge in [-0.15, -0.1) is 0 Å². The van der Waals surface area contributed by atoms with Crippen LogP contribution in [-0.2, 0) is 21.1 Å². The van der Waals surface area contributed by atoms with E-state index in [1.54, 1.807) is 33.5 Å². The molecule has 3 heterocycles. The summed E-state index contributed by atoms with van der Waals surface area (Å²) in [5, 5.41) is 8.05. The second-order valence-electron chi connectivity index (χ2n) is 6.11. The van der Waals surface area contributed by atoms with Crippen LogP contribution in [0.5, 0.6) is 0 Å². The molecule has 0 radical (unpaired) electrons. The van der Waals surface area contributed by atoms with E-state index in [0.717, 1.165) is 41.3 Å². The second kappa shape index (κ2) is 6.72. The van der Waals surface area contributed by atoms with E-state index >= 15 is 0 Å². The molecule has 1 aromatic carbocycles. The van der Waals surface area contributed by atoms with Crippen LogP contribution in [0.1, 0.15) is 24.1 Å². The molecule has 0 bridgehead atoms. The molecule has 2 aliphatic rings. The van der Waals surface area contributed by atoms with Crippen molar-refractivity contribution in [2.45, 2.75) is 24.3 Å². The fourth-order valence-electron chi connectivity index (χ4n) is 3.14. The van der Waals surface area contributed by atoms with E-state index in [1.165, 1.54) is 0 Å². The van der Waals surface area contributed by atoms with Gasteiger partial charge in [0.25, 0.3) is 0 Å². The van der Waals surface area contributed by atoms with Crippen molar-refractivity contribution in [1.82, 2.24) is 14.7 Å². The van der Waals surface area contributed by atoms with Crippen molar-refractivity contribution in [3.05, 3.63) is 40.5 Å². The first-order chi connectivity index (χ1) is 12.1. The van der Waals surface area contributed by atoms with Crippen molar-refractivity contribution in [1.29, 1.82) is 0 Å². The summed E-state index contributed by atoms with van der Waals surface area (Å²) in [6, 6.07) is 7.24. The lowest BCUT2D eigenvalue weighted by molar-refractivity contribution is -0.142. The Morgan fingerprint density at radius 3 is 2.56 bits per heavy atom. The molecular weight excluding hydrogens is 360 g/mol. The van der Waals surface area contributed by atoms with Crippen molar-refractivity contribution in [3.63, 3.8) is 0 Å². The molecule has 0 spiro atoms. The number of anilines is 1. The van der Waals surface area contributed by atoms with Gasteiger partial charge in [0.2, 0.25) is 0 Å². The quantitative estimate of drug-likeness (QED) is 0.818. The van der Waals surface area contributed by atoms with Gasteiger partial charge in [0, 0.05) is 35.2 Å². The predicted octanol–water partition coefficient (Wildman–Crippen LogP) is 2.83. The van der Waals surface area contributed by atoms with Crippen LogP contribution in [0, 0.1) is 0 Å². The summed E-state index contributed by atoms with van der Waals surface area (Å²) in [7, 11) is 0. The molecule has 25 heavy (non-hydrogen) atoms. The Balaban J connectivity index is 1.65. The van der Waals surface area contributed by atoms with Gasteiger partial charge in [-0.2, -0.15) is 16.9 Å². The molecule has 6 nitrogen and oxygen atoms in total. The minimum atomic E-state index is -0.600. The van der Waals surface area contributed by atoms with E-state index in [1.807, 2.05) is 12.1 Å². The number of benzene rings is 1. The summed E-state index contributed by atoms with van der Waals surface area (Å²) in [6.45, 7) is 1.30. The molecule has 1 saturated heterocycles. The first kappa shape index (κ1) is 16.5. The highest BCUT2D eigenvalue weighted by molar-refractivity contribution is 7.98. The third-order valence-electron chi connectivity index (χ3n) is 4.44. The van der Waals surface area contributed by atoms with Crippen molar-refractivity contribution < 1.29 is 9.59 Å². The zero-order valence-electron chi connectivity index (χ0n) is 13.5. The summed E-state index contributed by atoms with van der Waals surface area (Å²) < 4.78 is 1.69. The van der Waals surface area contributed by atoms with Gasteiger partial charge < -0.3 is 10.2 Å². The van der Waals surface area contributed by atoms with Gasteiger partial charge >= 0.3 is 11.8 Å². The van der Waals surface area contributed by atoms with Crippen molar-refractivity contribution >= 4 is 41.0 Å². The van der Waals surface area contributed by atoms with Gasteiger partial charge in [-0.25, -0.2) is 4.68 Å². The molecule has 0 atom stereocenters. The molecule has 1 aromatic heterocycles. The Morgan fingerprint density at radius 1 is 1.12 bits per heavy atom. The van der Waals surface area contributed by atoms with E-state index in [4.69, 9.17) is 11.6 Å². The standard InChI is InChI=1S/C17H17ClN4O2S/c18-11-3-5-12(6-4-11)22-15(13-9-25-10-14(13)20-22)19-16(23)17(24)21-7-1-2-8-21/h3-6H,1-2,7-10H2,(H,19,23). The fraction of sp³-hybridized carbons (Fsp3) is 0.353. The maximum atomic E-state index is 12.5. The molecule has 2 aromatic rings. The van der Waals surface area contributed by atoms with Crippen LogP contribution in [-0.4, -0.2) is 39.6 Å². The van der Waals surface area contributed by atoms with Crippen LogP contribution >= 0.6 is 23.4 Å². The molecule has 0 saturated carbocycles. The Kier molecular flexibility index (Phi) is 4.43. The monoisotopic (exact) mass is 376 g/mol. The molecule has 2 amide bonds. The van der Waals surface area contributed by atoms with E-state index in [0.29, 0.717) is 23.9 Å². The number of rotatable bonds is 2. The molecule has 4 rings (SSSR count). The minimum absolute atomic E-state index is 0.472. The minimum Gasteiger partial charge on any atom is -0.334 e. The second-order valence-corrected chi connectivity index (χ2v) is 7.53. The van der Waals surface area contributed by atoms with E-state index in [2.05, 4.69) is 10.4 Å². The molecule has 8 heteroatoms. The van der Waals surface area contributed by atoms with Crippen LogP contribution in [0.25, 0.3) is 5.69 Å². The largest absolute Gasteiger partial charge is 0.334 e. The molecule has 1 N–H and O–H groups in total. The number of halogens is 1. The van der Waals surface area contributed by atoms with Gasteiger partial charge in [-0.1, -0.05) is 11.6 Å². The maximum absolute atomic E-state index is 12.5. The number of hydrogen-bond donors (Lipinski definition) is 1. The number of likely N-dealkylation sites (tertiary alicyclic amines) is 1. The number of aromatic nitrogens is 2. The van der Waals surface area contributed by atoms with Gasteiger partial charge in [0.15, 0.2) is 0 Å². The predicted molar refractivity (Wildman–Crippen MR) is 98.0 cm³/mol. The van der Waals surface area contributed by atoms with Gasteiger partial charge in [0.1, 0.15) is 5.82 Å². The molecule has 0 aliphatic carbocycles. The summed E-state index contributed by atoms with van der Waals surface area (Å²) in [5.74, 6) is 1.09. The fourth-order valence-corrected chi connectivity index (χ4v) is 4.30. The number of carbonyl (C=O) groups is 2. The first-order valence-electron chi connectivity index (χ1n) is 8.18. The summed E-state index contributed by atoms with van der Waals surface area (Å²) in [5.41, 5.74) is 2.74. The highest BCUT2D eigenvalue weighted by Gasteiger charge is 2.29. The lowest BCUT2D eigenvalue weighted by Crippen LogP contribution is -2.38. The van der Waals surface area contributed by atoms with Gasteiger partial charge in [-0.05, 0) is 37.1 Å². The van der Waals surface area contributed by atoms with Crippen molar-refractivity contribution in [3.8, 4) is 5.69 Å². The Labute approximate surface area is 154 Å². The van der Waals surface area contributed by atoms with Crippen LogP contribution in [0.4, 0.5) is 5.82 Å². The van der Waals surface area contributed by atoms with E-state index in [9.17, 15) is 9.59 Å². The smallest absolute Gasteiger partial charge is 0.315 e. The number of thioether (sulfide) groups is 1. The zero-order valence-corrected chi connectivity index (χ0v) is 15.1. The van der Waals surface area contributed by atoms with E-state index in [-0.39, 0.29) is 0 Å². The molecule has 2 aliphatic heterocycles. The lowest BCUT2D eigenvalue weighted by Gasteiger charge is -2.16. The van der Waals surface area contributed by atoms with Crippen LogP contribution < -0.4 is 5.32 Å². The molecular formula is C17H17ClN4O2S. The van der Waals surface area contributed by atoms with Crippen LogP contribution in [0.2, 0.25) is 5.02 Å². The summed E-state index contributed by atoms with van der Waals surface area (Å²) in [6.07, 6.45) is 1.90. The number of nitrogens with one attached hydrogen (secondary N) is 1. The van der Waals surface area contributed by atoms with Crippen molar-refractivity contribution in [2.24, 2.45) is 0 Å². The average molecular weight is 377 g/mol. The SMILES string of the molecule is O=C(Nc1c2c(nn1-c1ccc(Cl)cc1)CSC2)C(=O)N1CCCC1. The van der Waals surface area contributed by atoms with E-state index < -0.39 is 11.8 Å². The zero-order chi connectivity index (χ0) is 17.4. The first-order valence-corrected chi connectivity index (χ1v) is 9.71. The molecule has 130 valence electrons. The van der Waals surface area contributed by atoms with Gasteiger partial charge in [-0.3, -0.25) is 9.59 Å². The topological polar surface area (TPSA) is 67.2 Å². The lowest BCUT2D eigenvalue weighted by atomic mass is 10.2. The maximum Gasteiger partial charge on any atom is 0.315 e. The Morgan fingerprint density at radius 2 is 1.84 bits per heavy atom. The molecule has 1 fully saturated rings. The number of hydrogen-bond acceptors (Lipinski definition) is 4. The third-order valence-corrected chi connectivity index (χ3v) is 5.66. The highest BCUT2D eigenvalue weighted by Crippen LogP contribution is 2.36. The Hall–Kier alpha value is -1.99. The van der Waals surface area contributed by atoms with Crippen LogP contribution in [0.3, 0.4) is 0 Å². The normalized spacial score (nSPS) is 16.1. The average Bonchev–Trinajstić information content (AvgIpc) is 3.33. The third kappa shape index (κ3) is 3.14. The molecule has 0 unspecified atom stereocenters. The summed E-state index contributed by atoms with van der Waals surface area (Å²) in [4.78, 5) is 26.4. The number of carbonyl (C=O) groups excluding carboxylic acids is 2. The summed E-state index contributed by atoms with van der Waals surface area (Å²) >= 11 is 7.71.